The highest BCUT2D eigenvalue weighted by Gasteiger charge is 2.23. The minimum atomic E-state index is 0.209. The Morgan fingerprint density at radius 2 is 1.86 bits per heavy atom. The topological polar surface area (TPSA) is 32.3 Å². The number of anilines is 1. The van der Waals surface area contributed by atoms with Crippen molar-refractivity contribution in [3.63, 3.8) is 0 Å². The maximum absolute atomic E-state index is 9.63. The van der Waals surface area contributed by atoms with Crippen LogP contribution in [0.15, 0.2) is 48.5 Å². The summed E-state index contributed by atoms with van der Waals surface area (Å²) in [5, 5.41) is 13.7. The van der Waals surface area contributed by atoms with Crippen molar-refractivity contribution in [2.75, 3.05) is 5.32 Å². The molecule has 1 aliphatic rings. The number of phenols is 1. The molecule has 2 atom stereocenters. The van der Waals surface area contributed by atoms with Crippen LogP contribution in [0.2, 0.25) is 5.02 Å². The van der Waals surface area contributed by atoms with Gasteiger partial charge < -0.3 is 10.4 Å². The molecule has 0 saturated heterocycles. The van der Waals surface area contributed by atoms with Gasteiger partial charge >= 0.3 is 0 Å². The number of nitrogens with one attached hydrogen (secondary N) is 1. The zero-order valence-corrected chi connectivity index (χ0v) is 12.7. The highest BCUT2D eigenvalue weighted by Crippen LogP contribution is 2.34. The Morgan fingerprint density at radius 1 is 1.05 bits per heavy atom. The summed E-state index contributed by atoms with van der Waals surface area (Å²) in [4.78, 5) is 0. The van der Waals surface area contributed by atoms with Crippen molar-refractivity contribution < 1.29 is 5.11 Å². The lowest BCUT2D eigenvalue weighted by Gasteiger charge is -2.31. The Bertz CT molecular complexity index is 579. The third kappa shape index (κ3) is 3.70. The molecular weight excluding hydrogens is 282 g/mol. The average Bonchev–Trinajstić information content (AvgIpc) is 2.47. The number of aromatic hydroxyl groups is 1. The third-order valence-corrected chi connectivity index (χ3v) is 4.42. The normalized spacial score (nSPS) is 22.0. The van der Waals surface area contributed by atoms with Crippen molar-refractivity contribution in [3.05, 3.63) is 59.1 Å². The molecule has 1 unspecified atom stereocenters. The van der Waals surface area contributed by atoms with E-state index >= 15 is 0 Å². The number of hydrogen-bond acceptors (Lipinski definition) is 2. The predicted octanol–water partition coefficient (Wildman–Crippen LogP) is 5.18. The van der Waals surface area contributed by atoms with Crippen molar-refractivity contribution in [1.82, 2.24) is 0 Å². The minimum Gasteiger partial charge on any atom is -0.508 e. The predicted molar refractivity (Wildman–Crippen MR) is 88.2 cm³/mol. The lowest BCUT2D eigenvalue weighted by Crippen LogP contribution is -2.26. The fourth-order valence-corrected chi connectivity index (χ4v) is 3.47. The largest absolute Gasteiger partial charge is 0.508 e. The van der Waals surface area contributed by atoms with Gasteiger partial charge in [-0.2, -0.15) is 0 Å². The standard InChI is InChI=1S/C18H20ClNO/c19-15-10-17(12-18(21)11-15)20-16-8-4-7-14(9-16)13-5-2-1-3-6-13/h1-3,5-6,10-12,14,16,20-21H,4,7-9H2/t14?,16-/m1/s1. The molecule has 2 aromatic carbocycles. The number of halogens is 1. The van der Waals surface area contributed by atoms with E-state index in [0.717, 1.165) is 18.5 Å². The molecule has 0 bridgehead atoms. The van der Waals surface area contributed by atoms with E-state index in [0.29, 0.717) is 17.0 Å². The number of rotatable bonds is 3. The van der Waals surface area contributed by atoms with Gasteiger partial charge in [0.25, 0.3) is 0 Å². The van der Waals surface area contributed by atoms with E-state index in [1.807, 2.05) is 6.07 Å². The number of phenolic OH excluding ortho intramolecular Hbond substituents is 1. The summed E-state index contributed by atoms with van der Waals surface area (Å²) in [5.74, 6) is 0.825. The summed E-state index contributed by atoms with van der Waals surface area (Å²) in [6.45, 7) is 0. The van der Waals surface area contributed by atoms with Crippen molar-refractivity contribution in [2.24, 2.45) is 0 Å². The molecule has 0 amide bonds. The van der Waals surface area contributed by atoms with Crippen molar-refractivity contribution in [2.45, 2.75) is 37.6 Å². The molecule has 3 rings (SSSR count). The van der Waals surface area contributed by atoms with E-state index < -0.39 is 0 Å². The quantitative estimate of drug-likeness (QED) is 0.818. The van der Waals surface area contributed by atoms with Gasteiger partial charge in [0.15, 0.2) is 0 Å². The molecule has 0 spiro atoms. The summed E-state index contributed by atoms with van der Waals surface area (Å²) >= 11 is 5.99. The fourth-order valence-electron chi connectivity index (χ4n) is 3.24. The molecule has 3 heteroatoms. The van der Waals surface area contributed by atoms with E-state index in [4.69, 9.17) is 11.6 Å². The maximum atomic E-state index is 9.63. The highest BCUT2D eigenvalue weighted by molar-refractivity contribution is 6.31. The zero-order valence-electron chi connectivity index (χ0n) is 11.9. The minimum absolute atomic E-state index is 0.209. The van der Waals surface area contributed by atoms with Crippen molar-refractivity contribution >= 4 is 17.3 Å². The Labute approximate surface area is 130 Å². The lowest BCUT2D eigenvalue weighted by molar-refractivity contribution is 0.410. The molecule has 1 aliphatic carbocycles. The van der Waals surface area contributed by atoms with E-state index in [-0.39, 0.29) is 5.75 Å². The molecule has 1 saturated carbocycles. The fraction of sp³-hybridized carbons (Fsp3) is 0.333. The van der Waals surface area contributed by atoms with E-state index in [9.17, 15) is 5.11 Å². The van der Waals surface area contributed by atoms with Gasteiger partial charge in [0.2, 0.25) is 0 Å². The third-order valence-electron chi connectivity index (χ3n) is 4.20. The smallest absolute Gasteiger partial charge is 0.119 e. The summed E-state index contributed by atoms with van der Waals surface area (Å²) < 4.78 is 0. The van der Waals surface area contributed by atoms with Crippen LogP contribution in [0.3, 0.4) is 0 Å². The second kappa shape index (κ2) is 6.40. The van der Waals surface area contributed by atoms with Crippen molar-refractivity contribution in [3.8, 4) is 5.75 Å². The first-order valence-corrected chi connectivity index (χ1v) is 7.89. The molecule has 0 heterocycles. The first-order chi connectivity index (χ1) is 10.2. The second-order valence-corrected chi connectivity index (χ2v) is 6.25. The lowest BCUT2D eigenvalue weighted by atomic mass is 9.81. The van der Waals surface area contributed by atoms with E-state index in [1.54, 1.807) is 12.1 Å². The van der Waals surface area contributed by atoms with Crippen LogP contribution in [0.4, 0.5) is 5.69 Å². The Hall–Kier alpha value is -1.67. The Kier molecular flexibility index (Phi) is 4.35. The molecule has 1 fully saturated rings. The first kappa shape index (κ1) is 14.3. The summed E-state index contributed by atoms with van der Waals surface area (Å²) in [6.07, 6.45) is 4.76. The molecule has 0 aromatic heterocycles. The van der Waals surface area contributed by atoms with Gasteiger partial charge in [-0.15, -0.1) is 0 Å². The van der Waals surface area contributed by atoms with Crippen LogP contribution in [-0.2, 0) is 0 Å². The van der Waals surface area contributed by atoms with Crippen LogP contribution in [0.5, 0.6) is 5.75 Å². The average molecular weight is 302 g/mol. The van der Waals surface area contributed by atoms with Crippen LogP contribution in [-0.4, -0.2) is 11.1 Å². The molecule has 21 heavy (non-hydrogen) atoms. The van der Waals surface area contributed by atoms with Crippen molar-refractivity contribution in [1.29, 1.82) is 0 Å². The van der Waals surface area contributed by atoms with Crippen LogP contribution < -0.4 is 5.32 Å². The van der Waals surface area contributed by atoms with Gasteiger partial charge in [0.05, 0.1) is 0 Å². The van der Waals surface area contributed by atoms with Crippen LogP contribution >= 0.6 is 11.6 Å². The van der Waals surface area contributed by atoms with Gasteiger partial charge in [-0.3, -0.25) is 0 Å². The monoisotopic (exact) mass is 301 g/mol. The van der Waals surface area contributed by atoms with Gasteiger partial charge in [0, 0.05) is 22.8 Å². The van der Waals surface area contributed by atoms with Gasteiger partial charge in [-0.25, -0.2) is 0 Å². The van der Waals surface area contributed by atoms with Gasteiger partial charge in [-0.1, -0.05) is 48.4 Å². The van der Waals surface area contributed by atoms with Gasteiger partial charge in [-0.05, 0) is 42.9 Å². The summed E-state index contributed by atoms with van der Waals surface area (Å²) in [7, 11) is 0. The van der Waals surface area contributed by atoms with E-state index in [2.05, 4.69) is 35.6 Å². The van der Waals surface area contributed by atoms with Crippen LogP contribution in [0.1, 0.15) is 37.2 Å². The number of benzene rings is 2. The van der Waals surface area contributed by atoms with E-state index in [1.165, 1.54) is 18.4 Å². The van der Waals surface area contributed by atoms with Gasteiger partial charge in [0.1, 0.15) is 5.75 Å². The Balaban J connectivity index is 1.69. The summed E-state index contributed by atoms with van der Waals surface area (Å²) in [5.41, 5.74) is 2.33. The second-order valence-electron chi connectivity index (χ2n) is 5.81. The maximum Gasteiger partial charge on any atom is 0.119 e. The highest BCUT2D eigenvalue weighted by atomic mass is 35.5. The summed E-state index contributed by atoms with van der Waals surface area (Å²) in [6, 6.07) is 16.3. The zero-order chi connectivity index (χ0) is 14.7. The molecule has 0 aliphatic heterocycles. The molecular formula is C18H20ClNO. The molecule has 0 radical (unpaired) electrons. The molecule has 110 valence electrons. The van der Waals surface area contributed by atoms with Crippen LogP contribution in [0.25, 0.3) is 0 Å². The molecule has 2 N–H and O–H groups in total. The first-order valence-electron chi connectivity index (χ1n) is 7.52. The van der Waals surface area contributed by atoms with Crippen LogP contribution in [0, 0.1) is 0 Å². The SMILES string of the molecule is Oc1cc(Cl)cc(N[C@@H]2CCCC(c3ccccc3)C2)c1. The molecule has 2 aromatic rings. The number of hydrogen-bond donors (Lipinski definition) is 2. The molecule has 2 nitrogen and oxygen atoms in total. The Morgan fingerprint density at radius 3 is 2.62 bits per heavy atom.